The molecule has 0 aromatic heterocycles. The highest BCUT2D eigenvalue weighted by Gasteiger charge is 2.42. The predicted octanol–water partition coefficient (Wildman–Crippen LogP) is 5.96. The standard InChI is InChI=1S/C35H37FN4O4/c1-35(2)19-27-32(29(41)20-35)33(23-12-13-25(36)30(18-23)44-24-8-4-3-5-9-24)40(28-11-7-6-10-26(28)38-27)21-31(42)39-16-14-22(15-17-39)34(37)43/h3-13,18,22,33,38H,14-17,19-21H2,1-2H3,(H2,37,43). The van der Waals surface area contributed by atoms with Gasteiger partial charge in [0, 0.05) is 36.7 Å². The molecule has 3 aromatic rings. The van der Waals surface area contributed by atoms with Crippen molar-refractivity contribution in [1.29, 1.82) is 0 Å². The van der Waals surface area contributed by atoms with E-state index in [1.165, 1.54) is 6.07 Å². The molecule has 1 fully saturated rings. The molecule has 0 saturated carbocycles. The zero-order chi connectivity index (χ0) is 31.0. The average Bonchev–Trinajstić information content (AvgIpc) is 3.12. The van der Waals surface area contributed by atoms with Crippen LogP contribution in [0.1, 0.15) is 51.1 Å². The molecule has 1 unspecified atom stereocenters. The number of Topliss-reactive ketones (excluding diaryl/α,β-unsaturated/α-hetero) is 1. The van der Waals surface area contributed by atoms with Crippen molar-refractivity contribution in [2.24, 2.45) is 17.1 Å². The first kappa shape index (κ1) is 29.4. The van der Waals surface area contributed by atoms with Crippen LogP contribution in [-0.2, 0) is 14.4 Å². The van der Waals surface area contributed by atoms with E-state index in [9.17, 15) is 14.4 Å². The van der Waals surface area contributed by atoms with Crippen LogP contribution in [0.25, 0.3) is 0 Å². The number of halogens is 1. The number of carbonyl (C=O) groups excluding carboxylic acids is 3. The molecule has 1 atom stereocenters. The number of allylic oxidation sites excluding steroid dienone is 1. The molecule has 0 bridgehead atoms. The van der Waals surface area contributed by atoms with E-state index in [1.54, 1.807) is 29.2 Å². The van der Waals surface area contributed by atoms with Crippen LogP contribution in [0.4, 0.5) is 15.8 Å². The number of benzene rings is 3. The Hall–Kier alpha value is -4.66. The topological polar surface area (TPSA) is 105 Å². The summed E-state index contributed by atoms with van der Waals surface area (Å²) in [7, 11) is 0. The Balaban J connectivity index is 1.45. The van der Waals surface area contributed by atoms with Crippen LogP contribution in [0.5, 0.6) is 11.5 Å². The fourth-order valence-corrected chi connectivity index (χ4v) is 6.62. The van der Waals surface area contributed by atoms with Gasteiger partial charge in [-0.05, 0) is 66.6 Å². The van der Waals surface area contributed by atoms with Gasteiger partial charge in [-0.15, -0.1) is 0 Å². The molecule has 1 saturated heterocycles. The van der Waals surface area contributed by atoms with Crippen molar-refractivity contribution in [1.82, 2.24) is 4.90 Å². The lowest BCUT2D eigenvalue weighted by molar-refractivity contribution is -0.133. The van der Waals surface area contributed by atoms with Gasteiger partial charge in [0.15, 0.2) is 17.3 Å². The Morgan fingerprint density at radius 1 is 1.00 bits per heavy atom. The first-order valence-electron chi connectivity index (χ1n) is 15.1. The zero-order valence-corrected chi connectivity index (χ0v) is 25.0. The van der Waals surface area contributed by atoms with E-state index in [-0.39, 0.29) is 41.2 Å². The molecule has 228 valence electrons. The van der Waals surface area contributed by atoms with Crippen LogP contribution in [0.2, 0.25) is 0 Å². The zero-order valence-electron chi connectivity index (χ0n) is 25.0. The molecule has 0 radical (unpaired) electrons. The van der Waals surface area contributed by atoms with Crippen molar-refractivity contribution in [2.75, 3.05) is 29.9 Å². The van der Waals surface area contributed by atoms with Gasteiger partial charge in [0.25, 0.3) is 0 Å². The maximum absolute atomic E-state index is 15.2. The average molecular weight is 597 g/mol. The van der Waals surface area contributed by atoms with Gasteiger partial charge in [-0.2, -0.15) is 0 Å². The summed E-state index contributed by atoms with van der Waals surface area (Å²) >= 11 is 0. The lowest BCUT2D eigenvalue weighted by atomic mass is 9.73. The Labute approximate surface area is 256 Å². The van der Waals surface area contributed by atoms with E-state index in [2.05, 4.69) is 19.2 Å². The number of carbonyl (C=O) groups is 3. The molecule has 3 aromatic carbocycles. The molecule has 0 spiro atoms. The van der Waals surface area contributed by atoms with E-state index in [0.717, 1.165) is 17.1 Å². The van der Waals surface area contributed by atoms with Crippen LogP contribution in [0.3, 0.4) is 0 Å². The number of nitrogens with one attached hydrogen (secondary N) is 1. The summed E-state index contributed by atoms with van der Waals surface area (Å²) in [5, 5.41) is 3.55. The Kier molecular flexibility index (Phi) is 7.88. The summed E-state index contributed by atoms with van der Waals surface area (Å²) in [4.78, 5) is 43.4. The number of nitrogens with zero attached hydrogens (tertiary/aromatic N) is 2. The van der Waals surface area contributed by atoms with Crippen LogP contribution in [-0.4, -0.2) is 42.1 Å². The Morgan fingerprint density at radius 3 is 2.43 bits per heavy atom. The Bertz CT molecular complexity index is 1630. The summed E-state index contributed by atoms with van der Waals surface area (Å²) in [5.41, 5.74) is 8.81. The van der Waals surface area contributed by atoms with Crippen molar-refractivity contribution in [2.45, 2.75) is 45.6 Å². The van der Waals surface area contributed by atoms with E-state index in [1.807, 2.05) is 47.4 Å². The van der Waals surface area contributed by atoms with Gasteiger partial charge in [-0.1, -0.05) is 50.2 Å². The van der Waals surface area contributed by atoms with Gasteiger partial charge >= 0.3 is 0 Å². The smallest absolute Gasteiger partial charge is 0.242 e. The molecule has 3 aliphatic rings. The van der Waals surface area contributed by atoms with Crippen molar-refractivity contribution < 1.29 is 23.5 Å². The summed E-state index contributed by atoms with van der Waals surface area (Å²) in [6, 6.07) is 20.6. The Morgan fingerprint density at radius 2 is 1.70 bits per heavy atom. The molecule has 2 amide bonds. The van der Waals surface area contributed by atoms with Gasteiger partial charge in [0.2, 0.25) is 11.8 Å². The number of ether oxygens (including phenoxy) is 1. The largest absolute Gasteiger partial charge is 0.454 e. The third kappa shape index (κ3) is 5.91. The molecular weight excluding hydrogens is 559 g/mol. The minimum absolute atomic E-state index is 0.0175. The lowest BCUT2D eigenvalue weighted by Gasteiger charge is -2.39. The highest BCUT2D eigenvalue weighted by atomic mass is 19.1. The first-order valence-corrected chi connectivity index (χ1v) is 15.1. The summed E-state index contributed by atoms with van der Waals surface area (Å²) in [5.74, 6) is -0.738. The second-order valence-electron chi connectivity index (χ2n) is 12.7. The summed E-state index contributed by atoms with van der Waals surface area (Å²) in [6.45, 7) is 4.98. The maximum Gasteiger partial charge on any atom is 0.242 e. The van der Waals surface area contributed by atoms with Gasteiger partial charge < -0.3 is 25.6 Å². The predicted molar refractivity (Wildman–Crippen MR) is 167 cm³/mol. The molecule has 1 aliphatic carbocycles. The van der Waals surface area contributed by atoms with Gasteiger partial charge in [0.1, 0.15) is 5.75 Å². The molecule has 2 heterocycles. The maximum atomic E-state index is 15.2. The molecule has 2 aliphatic heterocycles. The second kappa shape index (κ2) is 11.8. The minimum atomic E-state index is -0.685. The normalized spacial score (nSPS) is 19.9. The number of ketones is 1. The molecule has 3 N–H and O–H groups in total. The van der Waals surface area contributed by atoms with Crippen molar-refractivity contribution in [3.8, 4) is 11.5 Å². The van der Waals surface area contributed by atoms with Gasteiger partial charge in [0.05, 0.1) is 24.0 Å². The number of rotatable bonds is 6. The number of anilines is 2. The number of hydrogen-bond donors (Lipinski definition) is 2. The van der Waals surface area contributed by atoms with Crippen LogP contribution in [0, 0.1) is 17.2 Å². The molecule has 9 heteroatoms. The number of piperidine rings is 1. The fraction of sp³-hybridized carbons (Fsp3) is 0.343. The number of amides is 2. The summed E-state index contributed by atoms with van der Waals surface area (Å²) in [6.07, 6.45) is 2.01. The van der Waals surface area contributed by atoms with Crippen LogP contribution < -0.4 is 20.7 Å². The van der Waals surface area contributed by atoms with Crippen LogP contribution >= 0.6 is 0 Å². The highest BCUT2D eigenvalue weighted by molar-refractivity contribution is 6.02. The minimum Gasteiger partial charge on any atom is -0.454 e. The number of likely N-dealkylation sites (tertiary alicyclic amines) is 1. The molecule has 6 rings (SSSR count). The van der Waals surface area contributed by atoms with Crippen molar-refractivity contribution >= 4 is 29.0 Å². The van der Waals surface area contributed by atoms with Crippen molar-refractivity contribution in [3.63, 3.8) is 0 Å². The number of hydrogen-bond acceptors (Lipinski definition) is 6. The number of primary amides is 1. The third-order valence-corrected chi connectivity index (χ3v) is 8.80. The SMILES string of the molecule is CC1(C)CC(=O)C2=C(C1)Nc1ccccc1N(CC(=O)N1CCC(C(N)=O)CC1)C2c1ccc(F)c(Oc2ccccc2)c1. The van der Waals surface area contributed by atoms with E-state index >= 15 is 4.39 Å². The number of para-hydroxylation sites is 3. The monoisotopic (exact) mass is 596 g/mol. The molecule has 8 nitrogen and oxygen atoms in total. The van der Waals surface area contributed by atoms with Crippen molar-refractivity contribution in [3.05, 3.63) is 95.4 Å². The van der Waals surface area contributed by atoms with E-state index < -0.39 is 11.9 Å². The fourth-order valence-electron chi connectivity index (χ4n) is 6.62. The van der Waals surface area contributed by atoms with Gasteiger partial charge in [-0.25, -0.2) is 4.39 Å². The van der Waals surface area contributed by atoms with Gasteiger partial charge in [-0.3, -0.25) is 14.4 Å². The number of fused-ring (bicyclic) bond motifs is 1. The molecular formula is C35H37FN4O4. The first-order chi connectivity index (χ1) is 21.1. The highest BCUT2D eigenvalue weighted by Crippen LogP contribution is 2.48. The van der Waals surface area contributed by atoms with E-state index in [0.29, 0.717) is 55.7 Å². The van der Waals surface area contributed by atoms with E-state index in [4.69, 9.17) is 10.5 Å². The third-order valence-electron chi connectivity index (χ3n) is 8.80. The number of nitrogens with two attached hydrogens (primary N) is 1. The molecule has 44 heavy (non-hydrogen) atoms. The summed E-state index contributed by atoms with van der Waals surface area (Å²) < 4.78 is 21.1. The quantitative estimate of drug-likeness (QED) is 0.364. The second-order valence-corrected chi connectivity index (χ2v) is 12.7. The lowest BCUT2D eigenvalue weighted by Crippen LogP contribution is -2.47. The van der Waals surface area contributed by atoms with Crippen LogP contribution in [0.15, 0.2) is 84.1 Å².